The number of carbonyl (C=O) groups excluding carboxylic acids is 2. The molecule has 0 saturated heterocycles. The number of anilines is 1. The molecule has 1 amide bonds. The first kappa shape index (κ1) is 22.3. The maximum atomic E-state index is 12.4. The van der Waals surface area contributed by atoms with Crippen molar-refractivity contribution in [2.75, 3.05) is 5.32 Å². The molecule has 3 rings (SSSR count). The molecule has 0 bridgehead atoms. The summed E-state index contributed by atoms with van der Waals surface area (Å²) in [6.45, 7) is 0.308. The van der Waals surface area contributed by atoms with Gasteiger partial charge in [0.25, 0.3) is 5.91 Å². The number of ether oxygens (including phenoxy) is 1. The Bertz CT molecular complexity index is 996. The molecule has 0 radical (unpaired) electrons. The smallest absolute Gasteiger partial charge is 0.545 e. The van der Waals surface area contributed by atoms with Crippen molar-refractivity contribution in [1.29, 1.82) is 0 Å². The molecule has 0 saturated carbocycles. The van der Waals surface area contributed by atoms with Crippen molar-refractivity contribution in [3.63, 3.8) is 0 Å². The Hall–Kier alpha value is -1.94. The average molecular weight is 428 g/mol. The van der Waals surface area contributed by atoms with Gasteiger partial charge >= 0.3 is 18.9 Å². The number of aromatic carboxylic acids is 1. The molecule has 0 fully saturated rings. The topological polar surface area (TPSA) is 78.5 Å². The van der Waals surface area contributed by atoms with Gasteiger partial charge in [-0.15, -0.1) is 0 Å². The number of thiophene rings is 1. The van der Waals surface area contributed by atoms with E-state index in [-0.39, 0.29) is 40.7 Å². The molecule has 5 nitrogen and oxygen atoms in total. The molecule has 0 atom stereocenters. The van der Waals surface area contributed by atoms with Crippen LogP contribution in [0.5, 0.6) is 5.75 Å². The van der Waals surface area contributed by atoms with Crippen molar-refractivity contribution >= 4 is 52.1 Å². The van der Waals surface area contributed by atoms with E-state index in [1.54, 1.807) is 17.4 Å². The van der Waals surface area contributed by atoms with E-state index in [0.29, 0.717) is 17.4 Å². The molecule has 3 aromatic rings. The maximum absolute atomic E-state index is 12.4. The van der Waals surface area contributed by atoms with Crippen LogP contribution in [0, 0.1) is 0 Å². The Morgan fingerprint density at radius 1 is 1.07 bits per heavy atom. The largest absolute Gasteiger partial charge is 1.00 e. The van der Waals surface area contributed by atoms with Crippen LogP contribution < -0.4 is 34.0 Å². The molecule has 28 heavy (non-hydrogen) atoms. The first-order chi connectivity index (χ1) is 12.9. The quantitative estimate of drug-likeness (QED) is 0.600. The molecule has 2 aromatic carbocycles. The van der Waals surface area contributed by atoms with Crippen LogP contribution in [-0.2, 0) is 6.61 Å². The van der Waals surface area contributed by atoms with E-state index in [1.807, 2.05) is 16.8 Å². The molecule has 9 heteroatoms. The van der Waals surface area contributed by atoms with Gasteiger partial charge in [-0.2, -0.15) is 11.3 Å². The summed E-state index contributed by atoms with van der Waals surface area (Å²) in [6.07, 6.45) is 0. The number of halogens is 2. The van der Waals surface area contributed by atoms with Gasteiger partial charge in [-0.05, 0) is 58.8 Å². The Labute approximate surface area is 187 Å². The van der Waals surface area contributed by atoms with Crippen LogP contribution in [0.4, 0.5) is 5.69 Å². The molecular weight excluding hydrogens is 416 g/mol. The van der Waals surface area contributed by atoms with Gasteiger partial charge in [-0.25, -0.2) is 0 Å². The molecule has 0 aliphatic heterocycles. The van der Waals surface area contributed by atoms with Gasteiger partial charge in [-0.3, -0.25) is 4.79 Å². The summed E-state index contributed by atoms with van der Waals surface area (Å²) in [5.41, 5.74) is 1.03. The van der Waals surface area contributed by atoms with Gasteiger partial charge in [-0.1, -0.05) is 23.2 Å². The molecule has 0 aliphatic rings. The number of carbonyl (C=O) groups is 2. The second-order valence-electron chi connectivity index (χ2n) is 5.49. The van der Waals surface area contributed by atoms with Crippen LogP contribution in [0.2, 0.25) is 10.0 Å². The van der Waals surface area contributed by atoms with E-state index in [0.717, 1.165) is 5.56 Å². The van der Waals surface area contributed by atoms with Gasteiger partial charge < -0.3 is 20.0 Å². The number of hydrogen-bond donors (Lipinski definition) is 1. The Morgan fingerprint density at radius 2 is 1.86 bits per heavy atom. The average Bonchev–Trinajstić information content (AvgIpc) is 3.14. The molecule has 1 aromatic heterocycles. The first-order valence-corrected chi connectivity index (χ1v) is 9.39. The van der Waals surface area contributed by atoms with Gasteiger partial charge in [0, 0.05) is 10.6 Å². The number of hydrogen-bond acceptors (Lipinski definition) is 5. The van der Waals surface area contributed by atoms with Crippen LogP contribution in [0.25, 0.3) is 0 Å². The van der Waals surface area contributed by atoms with Crippen molar-refractivity contribution in [1.82, 2.24) is 0 Å². The van der Waals surface area contributed by atoms with Crippen molar-refractivity contribution < 1.29 is 38.3 Å². The summed E-state index contributed by atoms with van der Waals surface area (Å²) in [5, 5.41) is 18.4. The summed E-state index contributed by atoms with van der Waals surface area (Å²) in [6, 6.07) is 10.6. The summed E-state index contributed by atoms with van der Waals surface area (Å²) in [4.78, 5) is 23.9. The summed E-state index contributed by atoms with van der Waals surface area (Å²) in [5.74, 6) is -1.65. The van der Waals surface area contributed by atoms with Crippen molar-refractivity contribution in [3.05, 3.63) is 80.0 Å². The van der Waals surface area contributed by atoms with Crippen LogP contribution in [0.3, 0.4) is 0 Å². The zero-order valence-corrected chi connectivity index (χ0v) is 17.0. The number of nitrogens with one attached hydrogen (secondary N) is 1. The predicted molar refractivity (Wildman–Crippen MR) is 104 cm³/mol. The van der Waals surface area contributed by atoms with E-state index in [4.69, 9.17) is 27.9 Å². The maximum Gasteiger partial charge on any atom is 1.00 e. The van der Waals surface area contributed by atoms with E-state index in [9.17, 15) is 14.7 Å². The number of benzene rings is 2. The fourth-order valence-corrected chi connectivity index (χ4v) is 3.44. The summed E-state index contributed by atoms with van der Waals surface area (Å²) < 4.78 is 5.59. The third-order valence-electron chi connectivity index (χ3n) is 3.62. The van der Waals surface area contributed by atoms with Crippen LogP contribution in [0.15, 0.2) is 53.2 Å². The fraction of sp³-hybridized carbons (Fsp3) is 0.0526. The molecule has 1 heterocycles. The third-order valence-corrected chi connectivity index (χ3v) is 4.90. The second kappa shape index (κ2) is 10.0. The van der Waals surface area contributed by atoms with Crippen molar-refractivity contribution in [3.8, 4) is 5.75 Å². The van der Waals surface area contributed by atoms with Crippen LogP contribution in [-0.4, -0.2) is 11.9 Å². The van der Waals surface area contributed by atoms with Gasteiger partial charge in [0.2, 0.25) is 0 Å². The van der Waals surface area contributed by atoms with E-state index in [2.05, 4.69) is 5.32 Å². The van der Waals surface area contributed by atoms with Crippen LogP contribution in [0.1, 0.15) is 26.3 Å². The van der Waals surface area contributed by atoms with Crippen LogP contribution >= 0.6 is 34.5 Å². The van der Waals surface area contributed by atoms with E-state index in [1.165, 1.54) is 30.3 Å². The first-order valence-electron chi connectivity index (χ1n) is 7.69. The van der Waals surface area contributed by atoms with Crippen molar-refractivity contribution in [2.24, 2.45) is 0 Å². The molecule has 138 valence electrons. The molecule has 0 unspecified atom stereocenters. The minimum atomic E-state index is -1.44. The van der Waals surface area contributed by atoms with Crippen molar-refractivity contribution in [2.45, 2.75) is 6.61 Å². The Balaban J connectivity index is 0.00000280. The SMILES string of the molecule is O=C(Nc1ccc(OCc2ccsc2)cc1C(=O)[O-])c1ccc(Cl)cc1Cl.[Li+]. The normalized spacial score (nSPS) is 10.1. The Kier molecular flexibility index (Phi) is 7.99. The minimum Gasteiger partial charge on any atom is -0.545 e. The monoisotopic (exact) mass is 427 g/mol. The number of rotatable bonds is 6. The Morgan fingerprint density at radius 3 is 2.50 bits per heavy atom. The zero-order chi connectivity index (χ0) is 19.4. The number of carboxylic acids is 1. The molecule has 1 N–H and O–H groups in total. The second-order valence-corrected chi connectivity index (χ2v) is 7.12. The minimum absolute atomic E-state index is 0. The standard InChI is InChI=1S/C19H13Cl2NO4S.Li/c20-12-1-3-14(16(21)7-12)18(23)22-17-4-2-13(8-15(17)19(24)25)26-9-11-5-6-27-10-11;/h1-8,10H,9H2,(H,22,23)(H,24,25);/q;+1/p-1. The third kappa shape index (κ3) is 5.54. The summed E-state index contributed by atoms with van der Waals surface area (Å²) >= 11 is 13.4. The summed E-state index contributed by atoms with van der Waals surface area (Å²) in [7, 11) is 0. The van der Waals surface area contributed by atoms with Gasteiger partial charge in [0.15, 0.2) is 0 Å². The van der Waals surface area contributed by atoms with E-state index < -0.39 is 11.9 Å². The zero-order valence-electron chi connectivity index (χ0n) is 14.7. The fourth-order valence-electron chi connectivity index (χ4n) is 2.30. The van der Waals surface area contributed by atoms with Gasteiger partial charge in [0.05, 0.1) is 22.2 Å². The molecule has 0 spiro atoms. The molecular formula is C19H12Cl2LiNO4S. The number of carboxylic acid groups (broad SMARTS) is 1. The number of amides is 1. The van der Waals surface area contributed by atoms with Gasteiger partial charge in [0.1, 0.15) is 12.4 Å². The predicted octanol–water partition coefficient (Wildman–Crippen LogP) is 1.25. The van der Waals surface area contributed by atoms with E-state index >= 15 is 0 Å². The molecule has 0 aliphatic carbocycles.